The molecule has 0 unspecified atom stereocenters. The zero-order valence-electron chi connectivity index (χ0n) is 19.4. The summed E-state index contributed by atoms with van der Waals surface area (Å²) in [6.45, 7) is 4.46. The summed E-state index contributed by atoms with van der Waals surface area (Å²) in [5.74, 6) is 1.44. The van der Waals surface area contributed by atoms with Gasteiger partial charge >= 0.3 is 5.97 Å². The number of hydrogen-bond donors (Lipinski definition) is 0. The van der Waals surface area contributed by atoms with Gasteiger partial charge in [-0.1, -0.05) is 58.4 Å². The van der Waals surface area contributed by atoms with Gasteiger partial charge in [-0.2, -0.15) is 0 Å². The molecule has 0 N–H and O–H groups in total. The van der Waals surface area contributed by atoms with E-state index in [4.69, 9.17) is 4.74 Å². The molecule has 1 aliphatic rings. The van der Waals surface area contributed by atoms with Crippen LogP contribution in [0, 0.1) is 11.8 Å². The van der Waals surface area contributed by atoms with E-state index in [1.807, 2.05) is 30.5 Å². The molecule has 31 heavy (non-hydrogen) atoms. The second-order valence-electron chi connectivity index (χ2n) is 9.17. The van der Waals surface area contributed by atoms with Crippen molar-refractivity contribution in [2.24, 2.45) is 11.8 Å². The van der Waals surface area contributed by atoms with Gasteiger partial charge in [0.05, 0.1) is 11.6 Å². The molecule has 3 heteroatoms. The number of esters is 1. The summed E-state index contributed by atoms with van der Waals surface area (Å²) < 4.78 is 5.70. The second kappa shape index (κ2) is 12.6. The lowest BCUT2D eigenvalue weighted by Crippen LogP contribution is -2.25. The lowest BCUT2D eigenvalue weighted by molar-refractivity contribution is -0.140. The van der Waals surface area contributed by atoms with Crippen molar-refractivity contribution in [2.45, 2.75) is 90.9 Å². The minimum absolute atomic E-state index is 0.0592. The number of ether oxygens (including phenoxy) is 1. The van der Waals surface area contributed by atoms with Gasteiger partial charge in [0.2, 0.25) is 0 Å². The number of rotatable bonds is 11. The molecule has 1 heterocycles. The molecule has 3 nitrogen and oxygen atoms in total. The Morgan fingerprint density at radius 1 is 0.903 bits per heavy atom. The van der Waals surface area contributed by atoms with Crippen LogP contribution >= 0.6 is 0 Å². The molecule has 2 aromatic rings. The summed E-state index contributed by atoms with van der Waals surface area (Å²) >= 11 is 0. The summed E-state index contributed by atoms with van der Waals surface area (Å²) in [5, 5.41) is 0. The van der Waals surface area contributed by atoms with Gasteiger partial charge in [0.25, 0.3) is 0 Å². The number of benzene rings is 1. The van der Waals surface area contributed by atoms with Crippen molar-refractivity contribution in [1.29, 1.82) is 0 Å². The standard InChI is InChI=1S/C28H39NO2/c1-3-5-7-8-10-22-11-14-25(15-12-22)28(30)31-26-18-16-24(17-19-26)27-20-13-23(21-29-27)9-6-4-2/h13,16-22,25H,3-12,14-15H2,1-2H3. The highest BCUT2D eigenvalue weighted by molar-refractivity contribution is 5.75. The molecule has 0 aliphatic heterocycles. The first-order valence-corrected chi connectivity index (χ1v) is 12.5. The van der Waals surface area contributed by atoms with Crippen LogP contribution in [0.15, 0.2) is 42.6 Å². The fourth-order valence-electron chi connectivity index (χ4n) is 4.56. The Morgan fingerprint density at radius 2 is 1.65 bits per heavy atom. The maximum Gasteiger partial charge on any atom is 0.314 e. The van der Waals surface area contributed by atoms with E-state index >= 15 is 0 Å². The van der Waals surface area contributed by atoms with Crippen molar-refractivity contribution < 1.29 is 9.53 Å². The van der Waals surface area contributed by atoms with E-state index in [1.165, 1.54) is 63.4 Å². The van der Waals surface area contributed by atoms with Crippen LogP contribution in [0.25, 0.3) is 11.3 Å². The highest BCUT2D eigenvalue weighted by Crippen LogP contribution is 2.33. The molecule has 168 valence electrons. The Kier molecular flexibility index (Phi) is 9.58. The third-order valence-electron chi connectivity index (χ3n) is 6.66. The number of unbranched alkanes of at least 4 members (excludes halogenated alkanes) is 4. The molecule has 1 saturated carbocycles. The number of nitrogens with zero attached hydrogens (tertiary/aromatic N) is 1. The van der Waals surface area contributed by atoms with Crippen molar-refractivity contribution in [3.63, 3.8) is 0 Å². The quantitative estimate of drug-likeness (QED) is 0.211. The molecule has 1 aromatic carbocycles. The first-order valence-electron chi connectivity index (χ1n) is 12.5. The lowest BCUT2D eigenvalue weighted by atomic mass is 9.80. The molecule has 1 fully saturated rings. The first-order chi connectivity index (χ1) is 15.2. The van der Waals surface area contributed by atoms with Gasteiger partial charge in [-0.25, -0.2) is 0 Å². The molecule has 0 radical (unpaired) electrons. The average Bonchev–Trinajstić information content (AvgIpc) is 2.82. The van der Waals surface area contributed by atoms with E-state index in [0.29, 0.717) is 5.75 Å². The molecule has 1 aromatic heterocycles. The molecular formula is C28H39NO2. The number of aryl methyl sites for hydroxylation is 1. The maximum absolute atomic E-state index is 12.6. The van der Waals surface area contributed by atoms with Gasteiger partial charge in [0, 0.05) is 11.8 Å². The molecule has 0 bridgehead atoms. The van der Waals surface area contributed by atoms with Gasteiger partial charge < -0.3 is 4.74 Å². The summed E-state index contributed by atoms with van der Waals surface area (Å²) in [4.78, 5) is 17.2. The van der Waals surface area contributed by atoms with Crippen LogP contribution in [0.4, 0.5) is 0 Å². The minimum atomic E-state index is -0.0596. The first kappa shape index (κ1) is 23.5. The van der Waals surface area contributed by atoms with Crippen LogP contribution in [0.3, 0.4) is 0 Å². The SMILES string of the molecule is CCCCCCC1CCC(C(=O)Oc2ccc(-c3ccc(CCCC)cn3)cc2)CC1. The van der Waals surface area contributed by atoms with Gasteiger partial charge in [0.15, 0.2) is 0 Å². The molecule has 1 aliphatic carbocycles. The fourth-order valence-corrected chi connectivity index (χ4v) is 4.56. The van der Waals surface area contributed by atoms with Crippen molar-refractivity contribution >= 4 is 5.97 Å². The zero-order chi connectivity index (χ0) is 21.9. The number of hydrogen-bond acceptors (Lipinski definition) is 3. The highest BCUT2D eigenvalue weighted by atomic mass is 16.5. The Morgan fingerprint density at radius 3 is 2.29 bits per heavy atom. The second-order valence-corrected chi connectivity index (χ2v) is 9.17. The van der Waals surface area contributed by atoms with E-state index in [9.17, 15) is 4.79 Å². The van der Waals surface area contributed by atoms with E-state index in [0.717, 1.165) is 36.4 Å². The number of carbonyl (C=O) groups excluding carboxylic acids is 1. The minimum Gasteiger partial charge on any atom is -0.426 e. The molecule has 3 rings (SSSR count). The van der Waals surface area contributed by atoms with E-state index in [2.05, 4.69) is 31.0 Å². The molecule has 0 atom stereocenters. The smallest absolute Gasteiger partial charge is 0.314 e. The predicted molar refractivity (Wildman–Crippen MR) is 128 cm³/mol. The highest BCUT2D eigenvalue weighted by Gasteiger charge is 2.27. The predicted octanol–water partition coefficient (Wildman–Crippen LogP) is 7.77. The van der Waals surface area contributed by atoms with Crippen molar-refractivity contribution in [3.05, 3.63) is 48.2 Å². The topological polar surface area (TPSA) is 39.2 Å². The van der Waals surface area contributed by atoms with Crippen LogP contribution in [0.2, 0.25) is 0 Å². The van der Waals surface area contributed by atoms with Crippen LogP contribution in [0.5, 0.6) is 5.75 Å². The zero-order valence-corrected chi connectivity index (χ0v) is 19.4. The number of aromatic nitrogens is 1. The Balaban J connectivity index is 1.45. The van der Waals surface area contributed by atoms with Crippen molar-refractivity contribution in [3.8, 4) is 17.0 Å². The third kappa shape index (κ3) is 7.48. The average molecular weight is 422 g/mol. The Labute approximate surface area is 188 Å². The van der Waals surface area contributed by atoms with Crippen LogP contribution in [0.1, 0.15) is 90.0 Å². The van der Waals surface area contributed by atoms with Crippen LogP contribution in [-0.4, -0.2) is 11.0 Å². The Hall–Kier alpha value is -2.16. The molecular weight excluding hydrogens is 382 g/mol. The summed E-state index contributed by atoms with van der Waals surface area (Å²) in [7, 11) is 0. The normalized spacial score (nSPS) is 18.6. The third-order valence-corrected chi connectivity index (χ3v) is 6.66. The van der Waals surface area contributed by atoms with Crippen molar-refractivity contribution in [1.82, 2.24) is 4.98 Å². The van der Waals surface area contributed by atoms with Crippen LogP contribution in [-0.2, 0) is 11.2 Å². The van der Waals surface area contributed by atoms with Gasteiger partial charge in [-0.05, 0) is 80.3 Å². The summed E-state index contributed by atoms with van der Waals surface area (Å²) in [6, 6.07) is 12.0. The Bertz CT molecular complexity index is 774. The largest absolute Gasteiger partial charge is 0.426 e. The maximum atomic E-state index is 12.6. The molecule has 0 saturated heterocycles. The summed E-state index contributed by atoms with van der Waals surface area (Å²) in [5.41, 5.74) is 3.28. The number of carbonyl (C=O) groups is 1. The van der Waals surface area contributed by atoms with Gasteiger partial charge in [0.1, 0.15) is 5.75 Å². The van der Waals surface area contributed by atoms with Crippen molar-refractivity contribution in [2.75, 3.05) is 0 Å². The van der Waals surface area contributed by atoms with Gasteiger partial charge in [-0.3, -0.25) is 9.78 Å². The summed E-state index contributed by atoms with van der Waals surface area (Å²) in [6.07, 6.45) is 16.4. The van der Waals surface area contributed by atoms with E-state index in [1.54, 1.807) is 0 Å². The van der Waals surface area contributed by atoms with E-state index < -0.39 is 0 Å². The monoisotopic (exact) mass is 421 g/mol. The fraction of sp³-hybridized carbons (Fsp3) is 0.571. The lowest BCUT2D eigenvalue weighted by Gasteiger charge is -2.27. The number of pyridine rings is 1. The van der Waals surface area contributed by atoms with Gasteiger partial charge in [-0.15, -0.1) is 0 Å². The molecule has 0 spiro atoms. The molecule has 0 amide bonds. The van der Waals surface area contributed by atoms with Crippen LogP contribution < -0.4 is 4.74 Å². The van der Waals surface area contributed by atoms with E-state index in [-0.39, 0.29) is 11.9 Å².